The van der Waals surface area contributed by atoms with Crippen molar-refractivity contribution < 1.29 is 17.8 Å². The van der Waals surface area contributed by atoms with Gasteiger partial charge in [0, 0.05) is 0 Å². The minimum Gasteiger partial charge on any atom is -0.334 e. The summed E-state index contributed by atoms with van der Waals surface area (Å²) in [6.45, 7) is 4.71. The summed E-state index contributed by atoms with van der Waals surface area (Å²) < 4.78 is 31.6. The number of rotatable bonds is 5. The summed E-state index contributed by atoms with van der Waals surface area (Å²) in [7, 11) is -4.03. The van der Waals surface area contributed by atoms with E-state index < -0.39 is 21.4 Å². The zero-order valence-corrected chi connectivity index (χ0v) is 7.43. The van der Waals surface area contributed by atoms with Gasteiger partial charge in [-0.15, -0.1) is 0 Å². The van der Waals surface area contributed by atoms with Crippen LogP contribution in [0.4, 0.5) is 0 Å². The molecule has 0 aromatic heterocycles. The van der Waals surface area contributed by atoms with Crippen LogP contribution >= 0.6 is 0 Å². The summed E-state index contributed by atoms with van der Waals surface area (Å²) in [6.07, 6.45) is 1.07. The molecule has 70 valence electrons. The lowest BCUT2D eigenvalue weighted by atomic mass is 10.4. The fourth-order valence-electron chi connectivity index (χ4n) is 0.596. The summed E-state index contributed by atoms with van der Waals surface area (Å²) in [5.74, 6) is -0.618. The molecule has 0 aliphatic heterocycles. The summed E-state index contributed by atoms with van der Waals surface area (Å²) >= 11 is 0. The fourth-order valence-corrected chi connectivity index (χ4v) is 1.26. The monoisotopic (exact) mass is 194 g/mol. The van der Waals surface area contributed by atoms with Gasteiger partial charge in [-0.1, -0.05) is 13.5 Å². The van der Waals surface area contributed by atoms with Gasteiger partial charge in [-0.3, -0.25) is 9.35 Å². The van der Waals surface area contributed by atoms with Crippen LogP contribution in [-0.2, 0) is 14.9 Å². The van der Waals surface area contributed by atoms with Crippen molar-refractivity contribution >= 4 is 16.0 Å². The van der Waals surface area contributed by atoms with Crippen molar-refractivity contribution in [2.45, 2.75) is 18.7 Å². The predicted molar refractivity (Wildman–Crippen MR) is 44.0 cm³/mol. The van der Waals surface area contributed by atoms with Crippen LogP contribution in [0.3, 0.4) is 0 Å². The molecule has 0 aromatic carbocycles. The van der Waals surface area contributed by atoms with Crippen molar-refractivity contribution in [2.24, 2.45) is 0 Å². The molecule has 12 heavy (non-hydrogen) atoms. The van der Waals surface area contributed by atoms with Gasteiger partial charge in [-0.05, 0) is 12.5 Å². The van der Waals surface area contributed by atoms with E-state index in [4.69, 9.17) is 1.43 Å². The molecular weight excluding hydrogens is 182 g/mol. The van der Waals surface area contributed by atoms with Crippen molar-refractivity contribution in [1.29, 1.82) is 1.43 Å². The van der Waals surface area contributed by atoms with Gasteiger partial charge in [0.05, 0.1) is 0 Å². The maximum atomic E-state index is 10.9. The van der Waals surface area contributed by atoms with E-state index in [1.54, 1.807) is 6.92 Å². The van der Waals surface area contributed by atoms with Crippen molar-refractivity contribution in [3.05, 3.63) is 12.7 Å². The average molecular weight is 194 g/mol. The van der Waals surface area contributed by atoms with E-state index in [1.165, 1.54) is 0 Å². The SMILES string of the molecule is [2H]OS(=O)(=O)C(CC)NC(=O)C=C. The predicted octanol–water partition coefficient (Wildman–Crippen LogP) is -0.0875. The van der Waals surface area contributed by atoms with E-state index in [1.807, 2.05) is 0 Å². The Balaban J connectivity index is 4.53. The summed E-state index contributed by atoms with van der Waals surface area (Å²) in [5.41, 5.74) is 0. The number of hydrogen-bond donors (Lipinski definition) is 2. The van der Waals surface area contributed by atoms with E-state index in [-0.39, 0.29) is 6.42 Å². The van der Waals surface area contributed by atoms with E-state index in [0.717, 1.165) is 6.08 Å². The van der Waals surface area contributed by atoms with Gasteiger partial charge >= 0.3 is 0 Å². The maximum Gasteiger partial charge on any atom is 0.286 e. The third-order valence-corrected chi connectivity index (χ3v) is 2.36. The van der Waals surface area contributed by atoms with Crippen LogP contribution in [0.25, 0.3) is 1.43 Å². The van der Waals surface area contributed by atoms with Gasteiger partial charge in [-0.25, -0.2) is 0 Å². The van der Waals surface area contributed by atoms with Crippen molar-refractivity contribution in [2.75, 3.05) is 0 Å². The Morgan fingerprint density at radius 3 is 2.83 bits per heavy atom. The normalized spacial score (nSPS) is 14.6. The zero-order chi connectivity index (χ0) is 10.5. The standard InChI is InChI=1S/C6H11NO4S/c1-3-5(8)7-6(4-2)12(9,10)11/h3,6H,1,4H2,2H3,(H,7,8)(H,9,10,11)/i/hD. The lowest BCUT2D eigenvalue weighted by molar-refractivity contribution is -0.116. The second-order valence-electron chi connectivity index (χ2n) is 2.10. The van der Waals surface area contributed by atoms with E-state index in [2.05, 4.69) is 16.5 Å². The molecule has 0 bridgehead atoms. The minimum atomic E-state index is -4.03. The van der Waals surface area contributed by atoms with E-state index >= 15 is 0 Å². The first kappa shape index (κ1) is 9.21. The first-order chi connectivity index (χ1) is 5.97. The number of hydrogen-bond acceptors (Lipinski definition) is 4. The number of carbonyl (C=O) groups excluding carboxylic acids is 1. The molecule has 1 amide bonds. The minimum absolute atomic E-state index is 0.126. The Bertz CT molecular complexity index is 287. The van der Waals surface area contributed by atoms with E-state index in [9.17, 15) is 13.2 Å². The molecule has 0 aromatic rings. The number of carbonyl (C=O) groups is 1. The molecule has 0 aliphatic carbocycles. The van der Waals surface area contributed by atoms with Crippen LogP contribution < -0.4 is 5.32 Å². The molecule has 0 heterocycles. The second-order valence-corrected chi connectivity index (χ2v) is 3.66. The Morgan fingerprint density at radius 1 is 1.92 bits per heavy atom. The second kappa shape index (κ2) is 4.22. The maximum absolute atomic E-state index is 10.9. The molecule has 0 rings (SSSR count). The Hall–Kier alpha value is -0.880. The first-order valence-electron chi connectivity index (χ1n) is 3.70. The van der Waals surface area contributed by atoms with Crippen LogP contribution in [0.2, 0.25) is 0 Å². The van der Waals surface area contributed by atoms with Gasteiger partial charge in [0.1, 0.15) is 0 Å². The molecule has 0 saturated heterocycles. The molecule has 6 heteroatoms. The van der Waals surface area contributed by atoms with Crippen molar-refractivity contribution in [1.82, 2.24) is 5.32 Å². The molecule has 0 spiro atoms. The first-order valence-corrected chi connectivity index (χ1v) is 4.76. The molecule has 1 atom stereocenters. The molecule has 0 saturated carbocycles. The molecule has 0 fully saturated rings. The lowest BCUT2D eigenvalue weighted by Gasteiger charge is -2.11. The fraction of sp³-hybridized carbons (Fsp3) is 0.500. The topological polar surface area (TPSA) is 83.5 Å². The molecule has 0 aliphatic rings. The van der Waals surface area contributed by atoms with Gasteiger partial charge < -0.3 is 5.32 Å². The highest BCUT2D eigenvalue weighted by Crippen LogP contribution is 1.99. The molecular formula is C6H11NO4S. The lowest BCUT2D eigenvalue weighted by Crippen LogP contribution is -2.39. The van der Waals surface area contributed by atoms with E-state index in [0.29, 0.717) is 0 Å². The van der Waals surface area contributed by atoms with Crippen molar-refractivity contribution in [3.63, 3.8) is 0 Å². The highest BCUT2D eigenvalue weighted by Gasteiger charge is 2.21. The number of amides is 1. The van der Waals surface area contributed by atoms with Crippen LogP contribution in [0.1, 0.15) is 13.3 Å². The molecule has 0 radical (unpaired) electrons. The summed E-state index contributed by atoms with van der Waals surface area (Å²) in [5, 5.41) is 0.919. The molecule has 2 N–H and O–H groups in total. The quantitative estimate of drug-likeness (QED) is 0.473. The summed E-state index contributed by atoms with van der Waals surface area (Å²) in [4.78, 5) is 10.7. The summed E-state index contributed by atoms with van der Waals surface area (Å²) in [6, 6.07) is 0. The smallest absolute Gasteiger partial charge is 0.286 e. The van der Waals surface area contributed by atoms with Crippen LogP contribution in [0.5, 0.6) is 0 Å². The Morgan fingerprint density at radius 2 is 2.50 bits per heavy atom. The highest BCUT2D eigenvalue weighted by atomic mass is 32.2. The molecule has 5 nitrogen and oxygen atoms in total. The van der Waals surface area contributed by atoms with Crippen LogP contribution in [0.15, 0.2) is 12.7 Å². The van der Waals surface area contributed by atoms with Crippen molar-refractivity contribution in [3.8, 4) is 0 Å². The van der Waals surface area contributed by atoms with Gasteiger partial charge in [0.15, 0.2) is 5.37 Å². The highest BCUT2D eigenvalue weighted by molar-refractivity contribution is 7.86. The third kappa shape index (κ3) is 3.49. The Kier molecular flexibility index (Phi) is 3.24. The molecule has 1 unspecified atom stereocenters. The Labute approximate surface area is 72.7 Å². The zero-order valence-electron chi connectivity index (χ0n) is 7.61. The van der Waals surface area contributed by atoms with Gasteiger partial charge in [0.25, 0.3) is 10.1 Å². The van der Waals surface area contributed by atoms with Crippen LogP contribution in [0, 0.1) is 0 Å². The largest absolute Gasteiger partial charge is 0.334 e. The van der Waals surface area contributed by atoms with Gasteiger partial charge in [0.2, 0.25) is 7.34 Å². The number of nitrogens with one attached hydrogen (secondary N) is 1. The average Bonchev–Trinajstić information content (AvgIpc) is 2.13. The van der Waals surface area contributed by atoms with Crippen LogP contribution in [-0.4, -0.2) is 24.3 Å². The van der Waals surface area contributed by atoms with Gasteiger partial charge in [-0.2, -0.15) is 8.42 Å². The third-order valence-electron chi connectivity index (χ3n) is 1.21.